The van der Waals surface area contributed by atoms with E-state index in [1.807, 2.05) is 18.2 Å². The van der Waals surface area contributed by atoms with Gasteiger partial charge in [0, 0.05) is 26.2 Å². The van der Waals surface area contributed by atoms with Gasteiger partial charge in [-0.3, -0.25) is 4.79 Å². The Hall–Kier alpha value is -2.14. The summed E-state index contributed by atoms with van der Waals surface area (Å²) in [4.78, 5) is 21.7. The molecule has 0 fully saturated rings. The molecule has 0 atom stereocenters. The Bertz CT molecular complexity index is 658. The fraction of sp³-hybridized carbons (Fsp3) is 0.267. The van der Waals surface area contributed by atoms with E-state index >= 15 is 0 Å². The molecule has 0 bridgehead atoms. The summed E-state index contributed by atoms with van der Waals surface area (Å²) in [5, 5.41) is 3.63. The summed E-state index contributed by atoms with van der Waals surface area (Å²) in [6, 6.07) is 7.47. The number of hydrogen-bond donors (Lipinski definition) is 1. The minimum Gasteiger partial charge on any atom is -0.365 e. The molecule has 0 saturated heterocycles. The monoisotopic (exact) mass is 304 g/mol. The van der Waals surface area contributed by atoms with Crippen LogP contribution in [0.25, 0.3) is 0 Å². The van der Waals surface area contributed by atoms with Gasteiger partial charge in [-0.2, -0.15) is 0 Å². The molecule has 2 rings (SSSR count). The van der Waals surface area contributed by atoms with Gasteiger partial charge in [0.25, 0.3) is 5.91 Å². The highest BCUT2D eigenvalue weighted by molar-refractivity contribution is 6.32. The second kappa shape index (κ2) is 6.54. The highest BCUT2D eigenvalue weighted by Crippen LogP contribution is 2.18. The molecule has 0 aliphatic rings. The number of carbonyl (C=O) groups is 1. The Morgan fingerprint density at radius 1 is 1.38 bits per heavy atom. The predicted molar refractivity (Wildman–Crippen MR) is 83.6 cm³/mol. The second-order valence-electron chi connectivity index (χ2n) is 4.87. The number of nitrogens with one attached hydrogen (secondary N) is 1. The molecule has 0 aliphatic heterocycles. The number of rotatable bonds is 4. The molecule has 0 aliphatic carbocycles. The molecule has 110 valence electrons. The fourth-order valence-corrected chi connectivity index (χ4v) is 2.00. The Labute approximate surface area is 129 Å². The lowest BCUT2D eigenvalue weighted by Gasteiger charge is -2.12. The third kappa shape index (κ3) is 3.92. The van der Waals surface area contributed by atoms with E-state index in [0.717, 1.165) is 5.56 Å². The number of anilines is 1. The first-order valence-electron chi connectivity index (χ1n) is 6.51. The van der Waals surface area contributed by atoms with E-state index < -0.39 is 0 Å². The van der Waals surface area contributed by atoms with Crippen LogP contribution in [0.3, 0.4) is 0 Å². The van der Waals surface area contributed by atoms with Crippen molar-refractivity contribution in [3.8, 4) is 0 Å². The minimum atomic E-state index is -0.0206. The molecule has 0 spiro atoms. The third-order valence-corrected chi connectivity index (χ3v) is 3.18. The molecule has 1 heterocycles. The summed E-state index contributed by atoms with van der Waals surface area (Å²) in [5.74, 6) is 1.22. The molecule has 0 unspecified atom stereocenters. The zero-order valence-corrected chi connectivity index (χ0v) is 13.0. The van der Waals surface area contributed by atoms with E-state index in [1.54, 1.807) is 38.2 Å². The Morgan fingerprint density at radius 2 is 2.14 bits per heavy atom. The summed E-state index contributed by atoms with van der Waals surface area (Å²) >= 11 is 6.04. The molecule has 0 radical (unpaired) electrons. The summed E-state index contributed by atoms with van der Waals surface area (Å²) in [7, 11) is 3.47. The second-order valence-corrected chi connectivity index (χ2v) is 5.27. The third-order valence-electron chi connectivity index (χ3n) is 2.90. The van der Waals surface area contributed by atoms with Crippen molar-refractivity contribution in [3.63, 3.8) is 0 Å². The zero-order chi connectivity index (χ0) is 15.4. The van der Waals surface area contributed by atoms with Crippen LogP contribution in [0.1, 0.15) is 21.7 Å². The van der Waals surface area contributed by atoms with Crippen molar-refractivity contribution in [2.45, 2.75) is 13.5 Å². The lowest BCUT2D eigenvalue weighted by Crippen LogP contribution is -2.21. The number of aromatic nitrogens is 2. The predicted octanol–water partition coefficient (Wildman–Crippen LogP) is 2.75. The Kier molecular flexibility index (Phi) is 4.75. The quantitative estimate of drug-likeness (QED) is 0.943. The summed E-state index contributed by atoms with van der Waals surface area (Å²) < 4.78 is 0. The first-order valence-corrected chi connectivity index (χ1v) is 6.89. The molecule has 1 aromatic carbocycles. The number of nitrogens with zero attached hydrogens (tertiary/aromatic N) is 3. The van der Waals surface area contributed by atoms with E-state index in [2.05, 4.69) is 15.3 Å². The van der Waals surface area contributed by atoms with E-state index in [0.29, 0.717) is 28.8 Å². The maximum Gasteiger partial charge on any atom is 0.253 e. The van der Waals surface area contributed by atoms with Gasteiger partial charge in [0.2, 0.25) is 0 Å². The fourth-order valence-electron chi connectivity index (χ4n) is 1.84. The van der Waals surface area contributed by atoms with Gasteiger partial charge in [-0.15, -0.1) is 0 Å². The maximum atomic E-state index is 11.9. The molecule has 2 aromatic rings. The van der Waals surface area contributed by atoms with Crippen molar-refractivity contribution < 1.29 is 4.79 Å². The first-order chi connectivity index (χ1) is 9.97. The van der Waals surface area contributed by atoms with Gasteiger partial charge >= 0.3 is 0 Å². The number of carbonyl (C=O) groups excluding carboxylic acids is 1. The molecule has 0 saturated carbocycles. The Morgan fingerprint density at radius 3 is 2.86 bits per heavy atom. The van der Waals surface area contributed by atoms with Gasteiger partial charge in [0.05, 0.1) is 6.20 Å². The molecule has 5 nitrogen and oxygen atoms in total. The normalized spacial score (nSPS) is 10.3. The van der Waals surface area contributed by atoms with Crippen molar-refractivity contribution in [1.29, 1.82) is 0 Å². The topological polar surface area (TPSA) is 58.1 Å². The van der Waals surface area contributed by atoms with Gasteiger partial charge in [-0.05, 0) is 24.6 Å². The summed E-state index contributed by atoms with van der Waals surface area (Å²) in [5.41, 5.74) is 1.64. The van der Waals surface area contributed by atoms with Crippen molar-refractivity contribution >= 4 is 23.3 Å². The zero-order valence-electron chi connectivity index (χ0n) is 12.2. The number of aryl methyl sites for hydroxylation is 1. The van der Waals surface area contributed by atoms with Crippen LogP contribution in [0.2, 0.25) is 5.02 Å². The lowest BCUT2D eigenvalue weighted by atomic mass is 10.1. The van der Waals surface area contributed by atoms with E-state index in [1.165, 1.54) is 0 Å². The highest BCUT2D eigenvalue weighted by Gasteiger charge is 2.08. The number of hydrogen-bond acceptors (Lipinski definition) is 4. The van der Waals surface area contributed by atoms with Crippen molar-refractivity contribution in [2.75, 3.05) is 19.4 Å². The number of halogens is 1. The van der Waals surface area contributed by atoms with E-state index in [-0.39, 0.29) is 5.91 Å². The van der Waals surface area contributed by atoms with Gasteiger partial charge in [0.1, 0.15) is 16.7 Å². The van der Waals surface area contributed by atoms with Crippen LogP contribution in [-0.4, -0.2) is 34.9 Å². The van der Waals surface area contributed by atoms with Gasteiger partial charge in [0.15, 0.2) is 0 Å². The number of benzene rings is 1. The van der Waals surface area contributed by atoms with E-state index in [9.17, 15) is 4.79 Å². The van der Waals surface area contributed by atoms with Crippen LogP contribution in [-0.2, 0) is 6.54 Å². The van der Waals surface area contributed by atoms with Crippen LogP contribution < -0.4 is 5.32 Å². The minimum absolute atomic E-state index is 0.0206. The molecule has 1 aromatic heterocycles. The van der Waals surface area contributed by atoms with Crippen LogP contribution in [0.4, 0.5) is 5.82 Å². The molecule has 1 amide bonds. The molecule has 21 heavy (non-hydrogen) atoms. The SMILES string of the molecule is Cc1ncc(Cl)c(NCc2cccc(C(=O)N(C)C)c2)n1. The summed E-state index contributed by atoms with van der Waals surface area (Å²) in [6.07, 6.45) is 1.57. The van der Waals surface area contributed by atoms with Crippen molar-refractivity contribution in [1.82, 2.24) is 14.9 Å². The van der Waals surface area contributed by atoms with Gasteiger partial charge in [-0.25, -0.2) is 9.97 Å². The molecular weight excluding hydrogens is 288 g/mol. The van der Waals surface area contributed by atoms with Crippen LogP contribution in [0, 0.1) is 6.92 Å². The summed E-state index contributed by atoms with van der Waals surface area (Å²) in [6.45, 7) is 2.34. The average Bonchev–Trinajstić information content (AvgIpc) is 2.47. The maximum absolute atomic E-state index is 11.9. The smallest absolute Gasteiger partial charge is 0.253 e. The standard InChI is InChI=1S/C15H17ClN4O/c1-10-17-9-13(16)14(19-10)18-8-11-5-4-6-12(7-11)15(21)20(2)3/h4-7,9H,8H2,1-3H3,(H,17,18,19). The number of amides is 1. The van der Waals surface area contributed by atoms with E-state index in [4.69, 9.17) is 11.6 Å². The lowest BCUT2D eigenvalue weighted by molar-refractivity contribution is 0.0827. The molecule has 1 N–H and O–H groups in total. The first kappa shape index (κ1) is 15.3. The van der Waals surface area contributed by atoms with Crippen LogP contribution in [0.15, 0.2) is 30.5 Å². The molecule has 6 heteroatoms. The largest absolute Gasteiger partial charge is 0.365 e. The van der Waals surface area contributed by atoms with Gasteiger partial charge in [-0.1, -0.05) is 23.7 Å². The van der Waals surface area contributed by atoms with Crippen LogP contribution >= 0.6 is 11.6 Å². The Balaban J connectivity index is 2.12. The van der Waals surface area contributed by atoms with Crippen molar-refractivity contribution in [2.24, 2.45) is 0 Å². The highest BCUT2D eigenvalue weighted by atomic mass is 35.5. The molecular formula is C15H17ClN4O. The van der Waals surface area contributed by atoms with Crippen LogP contribution in [0.5, 0.6) is 0 Å². The average molecular weight is 305 g/mol. The van der Waals surface area contributed by atoms with Crippen molar-refractivity contribution in [3.05, 3.63) is 52.4 Å². The van der Waals surface area contributed by atoms with Gasteiger partial charge < -0.3 is 10.2 Å².